The van der Waals surface area contributed by atoms with Crippen molar-refractivity contribution in [3.8, 4) is 11.5 Å². The maximum atomic E-state index is 12.3. The number of hydrogen-bond donors (Lipinski definition) is 0. The van der Waals surface area contributed by atoms with Crippen molar-refractivity contribution >= 4 is 10.8 Å². The molecule has 2 fully saturated rings. The molecule has 1 aromatic carbocycles. The predicted molar refractivity (Wildman–Crippen MR) is 86.9 cm³/mol. The molecule has 4 nitrogen and oxygen atoms in total. The predicted octanol–water partition coefficient (Wildman–Crippen LogP) is 2.33. The number of nitrogens with zero attached hydrogens (tertiary/aromatic N) is 1. The molecule has 0 aromatic heterocycles. The van der Waals surface area contributed by atoms with Crippen LogP contribution >= 0.6 is 0 Å². The Hall–Kier alpha value is -1.07. The maximum absolute atomic E-state index is 12.3. The molecule has 3 aliphatic rings. The largest absolute Gasteiger partial charge is 0.490 e. The molecule has 120 valence electrons. The molecule has 22 heavy (non-hydrogen) atoms. The van der Waals surface area contributed by atoms with E-state index >= 15 is 0 Å². The summed E-state index contributed by atoms with van der Waals surface area (Å²) in [5.74, 6) is 1.78. The summed E-state index contributed by atoms with van der Waals surface area (Å²) >= 11 is 0. The Morgan fingerprint density at radius 2 is 2.00 bits per heavy atom. The summed E-state index contributed by atoms with van der Waals surface area (Å²) in [6.07, 6.45) is 4.28. The Kier molecular flexibility index (Phi) is 4.09. The molecule has 3 heterocycles. The highest BCUT2D eigenvalue weighted by Gasteiger charge is 2.36. The minimum absolute atomic E-state index is 0.368. The van der Waals surface area contributed by atoms with Gasteiger partial charge in [-0.25, -0.2) is 0 Å². The molecule has 5 heteroatoms. The van der Waals surface area contributed by atoms with E-state index in [0.29, 0.717) is 10.5 Å². The van der Waals surface area contributed by atoms with E-state index in [2.05, 4.69) is 11.0 Å². The Morgan fingerprint density at radius 1 is 1.14 bits per heavy atom. The number of benzene rings is 1. The van der Waals surface area contributed by atoms with Crippen LogP contribution in [0.5, 0.6) is 11.5 Å². The fraction of sp³-hybridized carbons (Fsp3) is 0.647. The van der Waals surface area contributed by atoms with Crippen LogP contribution in [0.2, 0.25) is 0 Å². The van der Waals surface area contributed by atoms with E-state index in [1.165, 1.54) is 5.56 Å². The summed E-state index contributed by atoms with van der Waals surface area (Å²) in [5, 5.41) is 0.800. The lowest BCUT2D eigenvalue weighted by molar-refractivity contribution is 0.247. The highest BCUT2D eigenvalue weighted by molar-refractivity contribution is 7.86. The number of para-hydroxylation sites is 1. The van der Waals surface area contributed by atoms with Crippen molar-refractivity contribution in [1.29, 1.82) is 0 Å². The van der Waals surface area contributed by atoms with Crippen LogP contribution in [0.25, 0.3) is 0 Å². The summed E-state index contributed by atoms with van der Waals surface area (Å²) < 4.78 is 24.0. The summed E-state index contributed by atoms with van der Waals surface area (Å²) in [4.78, 5) is 2.45. The number of rotatable bonds is 2. The Bertz CT molecular complexity index is 577. The smallest absolute Gasteiger partial charge is 0.165 e. The number of ether oxygens (including phenoxy) is 2. The molecule has 0 N–H and O–H groups in total. The summed E-state index contributed by atoms with van der Waals surface area (Å²) in [7, 11) is -0.617. The van der Waals surface area contributed by atoms with E-state index in [-0.39, 0.29) is 0 Å². The number of likely N-dealkylation sites (tertiary alicyclic amines) is 1. The van der Waals surface area contributed by atoms with Crippen LogP contribution in [-0.2, 0) is 17.3 Å². The second kappa shape index (κ2) is 6.20. The molecule has 0 aliphatic carbocycles. The van der Waals surface area contributed by atoms with Crippen molar-refractivity contribution in [3.63, 3.8) is 0 Å². The molecule has 1 aromatic rings. The van der Waals surface area contributed by atoms with Gasteiger partial charge in [0.15, 0.2) is 11.5 Å². The maximum Gasteiger partial charge on any atom is 0.165 e. The molecule has 0 saturated carbocycles. The number of hydrogen-bond acceptors (Lipinski definition) is 4. The first-order valence-corrected chi connectivity index (χ1v) is 9.58. The lowest BCUT2D eigenvalue weighted by atomic mass is 10.1. The zero-order chi connectivity index (χ0) is 14.9. The van der Waals surface area contributed by atoms with Crippen LogP contribution < -0.4 is 9.47 Å². The van der Waals surface area contributed by atoms with Gasteiger partial charge in [0.25, 0.3) is 0 Å². The molecule has 2 bridgehead atoms. The Balaban J connectivity index is 1.53. The van der Waals surface area contributed by atoms with E-state index in [0.717, 1.165) is 70.0 Å². The van der Waals surface area contributed by atoms with Crippen LogP contribution in [0.3, 0.4) is 0 Å². The fourth-order valence-corrected chi connectivity index (χ4v) is 5.75. The van der Waals surface area contributed by atoms with E-state index < -0.39 is 10.8 Å². The van der Waals surface area contributed by atoms with Gasteiger partial charge < -0.3 is 9.47 Å². The molecule has 0 radical (unpaired) electrons. The zero-order valence-electron chi connectivity index (χ0n) is 12.8. The van der Waals surface area contributed by atoms with Gasteiger partial charge in [0.2, 0.25) is 0 Å². The van der Waals surface area contributed by atoms with Gasteiger partial charge in [-0.15, -0.1) is 0 Å². The van der Waals surface area contributed by atoms with E-state index in [9.17, 15) is 4.21 Å². The van der Waals surface area contributed by atoms with E-state index in [1.54, 1.807) is 0 Å². The SMILES string of the molecule is O=S1C2CCC1CN(Cc1cccc3c1OCCCO3)CC2. The average molecular weight is 321 g/mol. The highest BCUT2D eigenvalue weighted by Crippen LogP contribution is 2.35. The van der Waals surface area contributed by atoms with Crippen molar-refractivity contribution < 1.29 is 13.7 Å². The van der Waals surface area contributed by atoms with Crippen molar-refractivity contribution in [3.05, 3.63) is 23.8 Å². The second-order valence-corrected chi connectivity index (χ2v) is 8.46. The lowest BCUT2D eigenvalue weighted by Crippen LogP contribution is -2.31. The lowest BCUT2D eigenvalue weighted by Gasteiger charge is -2.25. The summed E-state index contributed by atoms with van der Waals surface area (Å²) in [6, 6.07) is 6.17. The molecule has 0 amide bonds. The van der Waals surface area contributed by atoms with Crippen LogP contribution in [-0.4, -0.2) is 45.9 Å². The monoisotopic (exact) mass is 321 g/mol. The molecular weight excluding hydrogens is 298 g/mol. The fourth-order valence-electron chi connectivity index (χ4n) is 3.77. The van der Waals surface area contributed by atoms with Crippen molar-refractivity contribution in [2.75, 3.05) is 26.3 Å². The van der Waals surface area contributed by atoms with Crippen LogP contribution in [0, 0.1) is 0 Å². The standard InChI is InChI=1S/C17H23NO3S/c19-22-14-5-6-15(22)12-18(8-7-14)11-13-3-1-4-16-17(13)21-10-2-9-20-16/h1,3-4,14-15H,2,5-12H2. The van der Waals surface area contributed by atoms with Crippen LogP contribution in [0.15, 0.2) is 18.2 Å². The second-order valence-electron chi connectivity index (χ2n) is 6.47. The van der Waals surface area contributed by atoms with E-state index in [4.69, 9.17) is 9.47 Å². The quantitative estimate of drug-likeness (QED) is 0.838. The van der Waals surface area contributed by atoms with Gasteiger partial charge in [0.05, 0.1) is 13.2 Å². The van der Waals surface area contributed by atoms with Gasteiger partial charge in [-0.2, -0.15) is 0 Å². The van der Waals surface area contributed by atoms with Gasteiger partial charge in [-0.1, -0.05) is 12.1 Å². The molecule has 3 aliphatic heterocycles. The minimum atomic E-state index is -0.617. The van der Waals surface area contributed by atoms with Gasteiger partial charge in [-0.3, -0.25) is 9.11 Å². The third-order valence-electron chi connectivity index (χ3n) is 4.94. The minimum Gasteiger partial charge on any atom is -0.490 e. The average Bonchev–Trinajstić information content (AvgIpc) is 2.69. The summed E-state index contributed by atoms with van der Waals surface area (Å²) in [5.41, 5.74) is 1.20. The van der Waals surface area contributed by atoms with Gasteiger partial charge in [0, 0.05) is 46.4 Å². The van der Waals surface area contributed by atoms with Gasteiger partial charge >= 0.3 is 0 Å². The molecular formula is C17H23NO3S. The van der Waals surface area contributed by atoms with Crippen molar-refractivity contribution in [1.82, 2.24) is 4.90 Å². The first-order valence-electron chi connectivity index (χ1n) is 8.30. The topological polar surface area (TPSA) is 38.8 Å². The normalized spacial score (nSPS) is 31.5. The van der Waals surface area contributed by atoms with Crippen LogP contribution in [0.4, 0.5) is 0 Å². The summed E-state index contributed by atoms with van der Waals surface area (Å²) in [6.45, 7) is 4.31. The van der Waals surface area contributed by atoms with Crippen molar-refractivity contribution in [2.24, 2.45) is 0 Å². The molecule has 4 rings (SSSR count). The van der Waals surface area contributed by atoms with Gasteiger partial charge in [-0.05, 0) is 31.9 Å². The van der Waals surface area contributed by atoms with Crippen LogP contribution in [0.1, 0.15) is 31.2 Å². The van der Waals surface area contributed by atoms with E-state index in [1.807, 2.05) is 12.1 Å². The molecule has 0 spiro atoms. The first kappa shape index (κ1) is 14.5. The molecule has 3 atom stereocenters. The zero-order valence-corrected chi connectivity index (χ0v) is 13.6. The third-order valence-corrected chi connectivity index (χ3v) is 7.11. The number of fused-ring (bicyclic) bond motifs is 3. The molecule has 3 unspecified atom stereocenters. The Morgan fingerprint density at radius 3 is 2.95 bits per heavy atom. The third kappa shape index (κ3) is 2.76. The molecule has 2 saturated heterocycles. The first-order chi connectivity index (χ1) is 10.8. The van der Waals surface area contributed by atoms with Gasteiger partial charge in [0.1, 0.15) is 0 Å². The van der Waals surface area contributed by atoms with Crippen molar-refractivity contribution in [2.45, 2.75) is 42.7 Å². The Labute approximate surface area is 134 Å². The highest BCUT2D eigenvalue weighted by atomic mass is 32.2.